The van der Waals surface area contributed by atoms with E-state index < -0.39 is 0 Å². The van der Waals surface area contributed by atoms with Crippen molar-refractivity contribution >= 4 is 0 Å². The van der Waals surface area contributed by atoms with Gasteiger partial charge in [0, 0.05) is 6.61 Å². The van der Waals surface area contributed by atoms with Gasteiger partial charge in [-0.2, -0.15) is 0 Å². The molecule has 0 aromatic heterocycles. The van der Waals surface area contributed by atoms with E-state index in [9.17, 15) is 0 Å². The van der Waals surface area contributed by atoms with Crippen LogP contribution in [0.4, 0.5) is 0 Å². The van der Waals surface area contributed by atoms with Crippen molar-refractivity contribution in [2.24, 2.45) is 0 Å². The first-order chi connectivity index (χ1) is 21.0. The maximum Gasteiger partial charge on any atom is 0.106 e. The Kier molecular flexibility index (Phi) is 34.7. The van der Waals surface area contributed by atoms with Crippen LogP contribution >= 0.6 is 0 Å². The number of ether oxygens (including phenoxy) is 1. The summed E-state index contributed by atoms with van der Waals surface area (Å²) in [6.45, 7) is 6.74. The van der Waals surface area contributed by atoms with Gasteiger partial charge in [0.2, 0.25) is 0 Å². The molecule has 0 fully saturated rings. The summed E-state index contributed by atoms with van der Waals surface area (Å²) in [7, 11) is 6.95. The van der Waals surface area contributed by atoms with Gasteiger partial charge in [-0.15, -0.1) is 0 Å². The summed E-state index contributed by atoms with van der Waals surface area (Å²) in [5.74, 6) is 0. The molecule has 0 aliphatic heterocycles. The Bertz CT molecular complexity index is 498. The molecular formula is C41H86NO+. The van der Waals surface area contributed by atoms with Crippen molar-refractivity contribution in [3.05, 3.63) is 0 Å². The average molecular weight is 609 g/mol. The molecule has 1 atom stereocenters. The van der Waals surface area contributed by atoms with Gasteiger partial charge in [-0.05, 0) is 12.8 Å². The van der Waals surface area contributed by atoms with E-state index in [1.165, 1.54) is 212 Å². The van der Waals surface area contributed by atoms with Crippen molar-refractivity contribution in [3.8, 4) is 0 Å². The van der Waals surface area contributed by atoms with Gasteiger partial charge in [0.25, 0.3) is 0 Å². The largest absolute Gasteiger partial charge is 0.372 e. The monoisotopic (exact) mass is 609 g/mol. The van der Waals surface area contributed by atoms with Crippen molar-refractivity contribution in [1.29, 1.82) is 0 Å². The molecule has 1 unspecified atom stereocenters. The van der Waals surface area contributed by atoms with Crippen LogP contribution in [-0.2, 0) is 4.74 Å². The van der Waals surface area contributed by atoms with E-state index in [1.807, 2.05) is 0 Å². The highest BCUT2D eigenvalue weighted by molar-refractivity contribution is 4.59. The smallest absolute Gasteiger partial charge is 0.106 e. The fraction of sp³-hybridized carbons (Fsp3) is 1.00. The second-order valence-corrected chi connectivity index (χ2v) is 15.4. The zero-order valence-corrected chi connectivity index (χ0v) is 31.2. The van der Waals surface area contributed by atoms with E-state index in [0.29, 0.717) is 6.10 Å². The molecule has 43 heavy (non-hydrogen) atoms. The van der Waals surface area contributed by atoms with Crippen molar-refractivity contribution in [2.75, 3.05) is 34.3 Å². The summed E-state index contributed by atoms with van der Waals surface area (Å²) in [4.78, 5) is 0. The second kappa shape index (κ2) is 34.8. The minimum atomic E-state index is 0.447. The first kappa shape index (κ1) is 42.9. The summed E-state index contributed by atoms with van der Waals surface area (Å²) in [5.41, 5.74) is 0. The van der Waals surface area contributed by atoms with Crippen LogP contribution in [0.1, 0.15) is 226 Å². The lowest BCUT2D eigenvalue weighted by molar-refractivity contribution is -0.873. The molecular weight excluding hydrogens is 522 g/mol. The minimum Gasteiger partial charge on any atom is -0.372 e. The molecule has 0 N–H and O–H groups in total. The van der Waals surface area contributed by atoms with Crippen LogP contribution in [0.5, 0.6) is 0 Å². The number of quaternary nitrogens is 1. The van der Waals surface area contributed by atoms with Gasteiger partial charge in [0.05, 0.1) is 21.1 Å². The number of likely N-dealkylation sites (N-methyl/N-ethyl adjacent to an activating group) is 1. The van der Waals surface area contributed by atoms with E-state index in [0.717, 1.165) is 17.6 Å². The van der Waals surface area contributed by atoms with Crippen LogP contribution in [0.3, 0.4) is 0 Å². The quantitative estimate of drug-likeness (QED) is 0.0503. The summed E-state index contributed by atoms with van der Waals surface area (Å²) in [6, 6.07) is 0. The highest BCUT2D eigenvalue weighted by Gasteiger charge is 2.18. The fourth-order valence-electron chi connectivity index (χ4n) is 6.66. The Morgan fingerprint density at radius 3 is 0.884 bits per heavy atom. The Morgan fingerprint density at radius 2 is 0.605 bits per heavy atom. The molecule has 0 radical (unpaired) electrons. The second-order valence-electron chi connectivity index (χ2n) is 15.4. The average Bonchev–Trinajstić information content (AvgIpc) is 2.97. The van der Waals surface area contributed by atoms with Crippen LogP contribution in [0.25, 0.3) is 0 Å². The standard InChI is InChI=1S/C41H86NO/c1-6-8-10-12-14-16-18-20-22-24-26-28-30-32-34-36-38-41(40-42(3,4)5)43-39-37-35-33-31-29-27-25-23-21-19-17-15-13-11-9-7-2/h41H,6-40H2,1-5H3/q+1. The van der Waals surface area contributed by atoms with Gasteiger partial charge < -0.3 is 9.22 Å². The number of nitrogens with zero attached hydrogens (tertiary/aromatic N) is 1. The molecule has 0 bridgehead atoms. The maximum atomic E-state index is 6.45. The van der Waals surface area contributed by atoms with Gasteiger partial charge in [-0.1, -0.05) is 213 Å². The minimum absolute atomic E-state index is 0.447. The molecule has 0 saturated heterocycles. The summed E-state index contributed by atoms with van der Waals surface area (Å²) in [6.07, 6.45) is 47.7. The summed E-state index contributed by atoms with van der Waals surface area (Å²) >= 11 is 0. The molecule has 0 amide bonds. The van der Waals surface area contributed by atoms with Crippen LogP contribution in [0, 0.1) is 0 Å². The lowest BCUT2D eigenvalue weighted by Gasteiger charge is -2.29. The summed E-state index contributed by atoms with van der Waals surface area (Å²) < 4.78 is 7.46. The van der Waals surface area contributed by atoms with Crippen LogP contribution in [0.15, 0.2) is 0 Å². The SMILES string of the molecule is CCCCCCCCCCCCCCCCCCOC(CCCCCCCCCCCCCCCCCC)C[N+](C)(C)C. The summed E-state index contributed by atoms with van der Waals surface area (Å²) in [5, 5.41) is 0. The third-order valence-electron chi connectivity index (χ3n) is 9.48. The molecule has 0 heterocycles. The number of hydrogen-bond donors (Lipinski definition) is 0. The van der Waals surface area contributed by atoms with E-state index in [2.05, 4.69) is 35.0 Å². The van der Waals surface area contributed by atoms with E-state index in [1.54, 1.807) is 0 Å². The molecule has 0 aromatic rings. The highest BCUT2D eigenvalue weighted by atomic mass is 16.5. The number of unbranched alkanes of at least 4 members (excludes halogenated alkanes) is 30. The molecule has 260 valence electrons. The predicted molar refractivity (Wildman–Crippen MR) is 196 cm³/mol. The Labute approximate surface area is 274 Å². The Morgan fingerprint density at radius 1 is 0.349 bits per heavy atom. The van der Waals surface area contributed by atoms with Gasteiger partial charge in [0.15, 0.2) is 0 Å². The van der Waals surface area contributed by atoms with Crippen LogP contribution < -0.4 is 0 Å². The first-order valence-corrected chi connectivity index (χ1v) is 20.4. The highest BCUT2D eigenvalue weighted by Crippen LogP contribution is 2.17. The Balaban J connectivity index is 3.56. The molecule has 0 aliphatic rings. The van der Waals surface area contributed by atoms with E-state index in [-0.39, 0.29) is 0 Å². The lowest BCUT2D eigenvalue weighted by atomic mass is 10.0. The molecule has 0 aliphatic carbocycles. The zero-order valence-electron chi connectivity index (χ0n) is 31.2. The first-order valence-electron chi connectivity index (χ1n) is 20.4. The van der Waals surface area contributed by atoms with Gasteiger partial charge in [0.1, 0.15) is 12.6 Å². The molecule has 2 heteroatoms. The third kappa shape index (κ3) is 38.0. The van der Waals surface area contributed by atoms with Crippen molar-refractivity contribution in [1.82, 2.24) is 0 Å². The lowest BCUT2D eigenvalue weighted by Crippen LogP contribution is -2.42. The third-order valence-corrected chi connectivity index (χ3v) is 9.48. The number of hydrogen-bond acceptors (Lipinski definition) is 1. The van der Waals surface area contributed by atoms with Crippen molar-refractivity contribution in [2.45, 2.75) is 232 Å². The Hall–Kier alpha value is -0.0800. The van der Waals surface area contributed by atoms with Crippen LogP contribution in [-0.4, -0.2) is 44.9 Å². The van der Waals surface area contributed by atoms with Gasteiger partial charge in [-0.25, -0.2) is 0 Å². The maximum absolute atomic E-state index is 6.45. The van der Waals surface area contributed by atoms with Gasteiger partial charge in [-0.3, -0.25) is 0 Å². The molecule has 2 nitrogen and oxygen atoms in total. The fourth-order valence-corrected chi connectivity index (χ4v) is 6.66. The normalized spacial score (nSPS) is 12.8. The predicted octanol–water partition coefficient (Wildman–Crippen LogP) is 14.0. The molecule has 0 saturated carbocycles. The molecule has 0 spiro atoms. The molecule has 0 rings (SSSR count). The van der Waals surface area contributed by atoms with Crippen molar-refractivity contribution in [3.63, 3.8) is 0 Å². The number of rotatable bonds is 37. The zero-order chi connectivity index (χ0) is 31.5. The van der Waals surface area contributed by atoms with Gasteiger partial charge >= 0.3 is 0 Å². The van der Waals surface area contributed by atoms with E-state index >= 15 is 0 Å². The van der Waals surface area contributed by atoms with Crippen molar-refractivity contribution < 1.29 is 9.22 Å². The van der Waals surface area contributed by atoms with E-state index in [4.69, 9.17) is 4.74 Å². The topological polar surface area (TPSA) is 9.23 Å². The molecule has 0 aromatic carbocycles. The van der Waals surface area contributed by atoms with Crippen LogP contribution in [0.2, 0.25) is 0 Å².